The molecule has 5 rings (SSSR count). The van der Waals surface area contributed by atoms with Gasteiger partial charge in [-0.05, 0) is 125 Å². The number of aryl methyl sites for hydroxylation is 1. The first kappa shape index (κ1) is 23.8. The molecule has 4 saturated carbocycles. The zero-order valence-electron chi connectivity index (χ0n) is 20.6. The third-order valence-electron chi connectivity index (χ3n) is 10.4. The molecule has 0 aliphatic heterocycles. The van der Waals surface area contributed by atoms with Crippen molar-refractivity contribution in [2.45, 2.75) is 95.5 Å². The molecule has 0 saturated heterocycles. The van der Waals surface area contributed by atoms with E-state index >= 15 is 0 Å². The minimum Gasteiger partial charge on any atom is -0.390 e. The van der Waals surface area contributed by atoms with Gasteiger partial charge in [0.1, 0.15) is 0 Å². The molecule has 0 spiro atoms. The monoisotopic (exact) mass is 474 g/mol. The lowest BCUT2D eigenvalue weighted by atomic mass is 9.45. The van der Waals surface area contributed by atoms with E-state index in [2.05, 4.69) is 6.92 Å². The van der Waals surface area contributed by atoms with Crippen molar-refractivity contribution in [3.05, 3.63) is 29.8 Å². The van der Waals surface area contributed by atoms with Gasteiger partial charge in [-0.25, -0.2) is 0 Å². The Morgan fingerprint density at radius 1 is 0.939 bits per heavy atom. The van der Waals surface area contributed by atoms with Crippen LogP contribution in [0.2, 0.25) is 0 Å². The minimum atomic E-state index is -3.71. The standard InChI is InChI=1S/C28H42O4S/c1-19-7-10-22(11-8-19)33(30,31)32-18-21-5-4-6-26-25-12-9-20-17-27(2,29)15-13-23(20)24(25)14-16-28(21,26)3/h7-8,10-11,20-21,23-26,29H,4-6,9,12-18H2,1-3H3/t20-,21-,23+,24-,25-,26+,27-,28-/m1/s1. The van der Waals surface area contributed by atoms with Crippen LogP contribution in [0.4, 0.5) is 0 Å². The van der Waals surface area contributed by atoms with Crippen molar-refractivity contribution in [2.75, 3.05) is 6.61 Å². The summed E-state index contributed by atoms with van der Waals surface area (Å²) >= 11 is 0. The molecule has 0 aromatic heterocycles. The Morgan fingerprint density at radius 2 is 1.67 bits per heavy atom. The molecule has 0 heterocycles. The van der Waals surface area contributed by atoms with Crippen LogP contribution in [0.25, 0.3) is 0 Å². The van der Waals surface area contributed by atoms with Crippen LogP contribution in [0.3, 0.4) is 0 Å². The maximum atomic E-state index is 12.8. The third-order valence-corrected chi connectivity index (χ3v) is 11.7. The number of aliphatic hydroxyl groups is 1. The fourth-order valence-corrected chi connectivity index (χ4v) is 9.56. The number of hydrogen-bond donors (Lipinski definition) is 1. The molecule has 0 bridgehead atoms. The smallest absolute Gasteiger partial charge is 0.296 e. The Balaban J connectivity index is 1.29. The molecular formula is C28H42O4S. The van der Waals surface area contributed by atoms with Crippen molar-refractivity contribution in [1.29, 1.82) is 0 Å². The molecule has 4 nitrogen and oxygen atoms in total. The average molecular weight is 475 g/mol. The van der Waals surface area contributed by atoms with Crippen LogP contribution in [-0.2, 0) is 14.3 Å². The van der Waals surface area contributed by atoms with Gasteiger partial charge in [0.05, 0.1) is 17.1 Å². The summed E-state index contributed by atoms with van der Waals surface area (Å²) < 4.78 is 31.4. The Bertz CT molecular complexity index is 953. The fourth-order valence-electron chi connectivity index (χ4n) is 8.61. The van der Waals surface area contributed by atoms with Crippen molar-refractivity contribution < 1.29 is 17.7 Å². The van der Waals surface area contributed by atoms with E-state index < -0.39 is 15.7 Å². The van der Waals surface area contributed by atoms with Crippen LogP contribution < -0.4 is 0 Å². The van der Waals surface area contributed by atoms with E-state index in [9.17, 15) is 13.5 Å². The molecular weight excluding hydrogens is 432 g/mol. The quantitative estimate of drug-likeness (QED) is 0.535. The van der Waals surface area contributed by atoms with Crippen molar-refractivity contribution in [1.82, 2.24) is 0 Å². The molecule has 1 aromatic rings. The lowest BCUT2D eigenvalue weighted by molar-refractivity contribution is -0.130. The molecule has 33 heavy (non-hydrogen) atoms. The lowest BCUT2D eigenvalue weighted by Crippen LogP contribution is -2.54. The molecule has 0 unspecified atom stereocenters. The molecule has 0 radical (unpaired) electrons. The first-order valence-corrected chi connectivity index (χ1v) is 14.7. The normalized spacial score (nSPS) is 43.3. The maximum absolute atomic E-state index is 12.8. The second kappa shape index (κ2) is 8.64. The Hall–Kier alpha value is -0.910. The summed E-state index contributed by atoms with van der Waals surface area (Å²) in [7, 11) is -3.71. The van der Waals surface area contributed by atoms with Crippen LogP contribution in [0.15, 0.2) is 29.2 Å². The zero-order chi connectivity index (χ0) is 23.4. The Kier molecular flexibility index (Phi) is 6.23. The van der Waals surface area contributed by atoms with Gasteiger partial charge >= 0.3 is 0 Å². The van der Waals surface area contributed by atoms with Gasteiger partial charge < -0.3 is 5.11 Å². The van der Waals surface area contributed by atoms with Crippen molar-refractivity contribution >= 4 is 10.1 Å². The maximum Gasteiger partial charge on any atom is 0.296 e. The fraction of sp³-hybridized carbons (Fsp3) is 0.786. The SMILES string of the molecule is Cc1ccc(S(=O)(=O)OC[C@H]2CCC[C@H]3[C@@H]4CC[C@@H]5C[C@](C)(O)CC[C@@H]5[C@H]4CC[C@]23C)cc1. The lowest BCUT2D eigenvalue weighted by Gasteiger charge is -2.61. The Morgan fingerprint density at radius 3 is 2.42 bits per heavy atom. The van der Waals surface area contributed by atoms with Gasteiger partial charge in [0.15, 0.2) is 0 Å². The number of rotatable bonds is 4. The first-order chi connectivity index (χ1) is 15.6. The van der Waals surface area contributed by atoms with E-state index in [1.54, 1.807) is 12.1 Å². The molecule has 8 atom stereocenters. The third kappa shape index (κ3) is 4.43. The first-order valence-electron chi connectivity index (χ1n) is 13.3. The van der Waals surface area contributed by atoms with Gasteiger partial charge in [0.2, 0.25) is 0 Å². The number of hydrogen-bond acceptors (Lipinski definition) is 4. The highest BCUT2D eigenvalue weighted by Crippen LogP contribution is 2.63. The van der Waals surface area contributed by atoms with Crippen molar-refractivity contribution in [3.8, 4) is 0 Å². The van der Waals surface area contributed by atoms with Gasteiger partial charge in [0, 0.05) is 0 Å². The summed E-state index contributed by atoms with van der Waals surface area (Å²) in [5.74, 6) is 4.04. The van der Waals surface area contributed by atoms with E-state index in [1.165, 1.54) is 44.9 Å². The molecule has 1 aromatic carbocycles. The predicted molar refractivity (Wildman–Crippen MR) is 130 cm³/mol. The minimum absolute atomic E-state index is 0.176. The van der Waals surface area contributed by atoms with E-state index in [-0.39, 0.29) is 10.3 Å². The largest absolute Gasteiger partial charge is 0.390 e. The summed E-state index contributed by atoms with van der Waals surface area (Å²) in [6, 6.07) is 6.97. The van der Waals surface area contributed by atoms with Gasteiger partial charge in [-0.3, -0.25) is 4.18 Å². The zero-order valence-corrected chi connectivity index (χ0v) is 21.4. The molecule has 0 amide bonds. The highest BCUT2D eigenvalue weighted by Gasteiger charge is 2.56. The van der Waals surface area contributed by atoms with Gasteiger partial charge in [-0.1, -0.05) is 31.0 Å². The van der Waals surface area contributed by atoms with E-state index in [1.807, 2.05) is 26.0 Å². The summed E-state index contributed by atoms with van der Waals surface area (Å²) in [5, 5.41) is 10.6. The molecule has 4 aliphatic rings. The van der Waals surface area contributed by atoms with Crippen LogP contribution in [0.5, 0.6) is 0 Å². The number of benzene rings is 1. The topological polar surface area (TPSA) is 63.6 Å². The molecule has 184 valence electrons. The summed E-state index contributed by atoms with van der Waals surface area (Å²) in [6.07, 6.45) is 11.7. The second-order valence-corrected chi connectivity index (χ2v) is 14.0. The summed E-state index contributed by atoms with van der Waals surface area (Å²) in [6.45, 7) is 6.75. The van der Waals surface area contributed by atoms with Gasteiger partial charge in [-0.2, -0.15) is 8.42 Å². The average Bonchev–Trinajstić information content (AvgIpc) is 2.76. The molecule has 4 fully saturated rings. The highest BCUT2D eigenvalue weighted by atomic mass is 32.2. The molecule has 5 heteroatoms. The molecule has 1 N–H and O–H groups in total. The summed E-state index contributed by atoms with van der Waals surface area (Å²) in [4.78, 5) is 0.265. The second-order valence-electron chi connectivity index (χ2n) is 12.4. The van der Waals surface area contributed by atoms with Crippen molar-refractivity contribution in [2.24, 2.45) is 40.9 Å². The van der Waals surface area contributed by atoms with Crippen LogP contribution in [0.1, 0.15) is 83.6 Å². The highest BCUT2D eigenvalue weighted by molar-refractivity contribution is 7.86. The van der Waals surface area contributed by atoms with Crippen LogP contribution >= 0.6 is 0 Å². The van der Waals surface area contributed by atoms with Crippen LogP contribution in [0, 0.1) is 47.8 Å². The van der Waals surface area contributed by atoms with Crippen LogP contribution in [-0.4, -0.2) is 25.7 Å². The van der Waals surface area contributed by atoms with E-state index in [0.29, 0.717) is 24.4 Å². The van der Waals surface area contributed by atoms with E-state index in [4.69, 9.17) is 4.18 Å². The predicted octanol–water partition coefficient (Wildman–Crippen LogP) is 6.11. The van der Waals surface area contributed by atoms with Crippen molar-refractivity contribution in [3.63, 3.8) is 0 Å². The van der Waals surface area contributed by atoms with Gasteiger partial charge in [0.25, 0.3) is 10.1 Å². The Labute approximate surface area is 200 Å². The van der Waals surface area contributed by atoms with Gasteiger partial charge in [-0.15, -0.1) is 0 Å². The molecule has 4 aliphatic carbocycles. The number of fused-ring (bicyclic) bond motifs is 5. The van der Waals surface area contributed by atoms with E-state index in [0.717, 1.165) is 42.6 Å². The summed E-state index contributed by atoms with van der Waals surface area (Å²) in [5.41, 5.74) is 0.757.